The van der Waals surface area contributed by atoms with Gasteiger partial charge >= 0.3 is 0 Å². The van der Waals surface area contributed by atoms with E-state index in [1.807, 2.05) is 30.3 Å². The summed E-state index contributed by atoms with van der Waals surface area (Å²) in [6, 6.07) is 9.93. The van der Waals surface area contributed by atoms with Gasteiger partial charge in [0, 0.05) is 18.4 Å². The van der Waals surface area contributed by atoms with Gasteiger partial charge in [0.15, 0.2) is 6.29 Å². The lowest BCUT2D eigenvalue weighted by atomic mass is 10.2. The molecule has 0 spiro atoms. The van der Waals surface area contributed by atoms with Crippen molar-refractivity contribution in [3.8, 4) is 0 Å². The van der Waals surface area contributed by atoms with Crippen molar-refractivity contribution in [1.29, 1.82) is 0 Å². The monoisotopic (exact) mass is 206 g/mol. The van der Waals surface area contributed by atoms with Crippen molar-refractivity contribution >= 4 is 0 Å². The molecule has 0 amide bonds. The van der Waals surface area contributed by atoms with Gasteiger partial charge in [-0.25, -0.2) is 0 Å². The Labute approximate surface area is 88.6 Å². The molecular weight excluding hydrogens is 192 g/mol. The summed E-state index contributed by atoms with van der Waals surface area (Å²) < 4.78 is 11.5. The van der Waals surface area contributed by atoms with Crippen LogP contribution in [0.15, 0.2) is 30.3 Å². The van der Waals surface area contributed by atoms with Crippen LogP contribution in [0.1, 0.15) is 24.7 Å². The Kier molecular flexibility index (Phi) is 2.24. The van der Waals surface area contributed by atoms with Crippen LogP contribution in [0.3, 0.4) is 0 Å². The molecule has 1 saturated heterocycles. The maximum Gasteiger partial charge on any atom is 0.184 e. The van der Waals surface area contributed by atoms with E-state index in [0.29, 0.717) is 12.8 Å². The van der Waals surface area contributed by atoms with Crippen LogP contribution >= 0.6 is 0 Å². The van der Waals surface area contributed by atoms with Crippen LogP contribution < -0.4 is 0 Å². The smallest absolute Gasteiger partial charge is 0.184 e. The molecule has 3 nitrogen and oxygen atoms in total. The van der Waals surface area contributed by atoms with Gasteiger partial charge in [-0.3, -0.25) is 0 Å². The van der Waals surface area contributed by atoms with Crippen LogP contribution in [0.25, 0.3) is 0 Å². The molecule has 2 aliphatic rings. The Hall–Kier alpha value is -0.900. The predicted octanol–water partition coefficient (Wildman–Crippen LogP) is 1.62. The maximum absolute atomic E-state index is 9.43. The molecule has 80 valence electrons. The van der Waals surface area contributed by atoms with Crippen molar-refractivity contribution in [2.24, 2.45) is 0 Å². The molecule has 1 aliphatic carbocycles. The highest BCUT2D eigenvalue weighted by Gasteiger charge is 2.43. The summed E-state index contributed by atoms with van der Waals surface area (Å²) in [5, 5.41) is 9.43. The number of benzene rings is 1. The van der Waals surface area contributed by atoms with Crippen LogP contribution in [-0.2, 0) is 9.47 Å². The van der Waals surface area contributed by atoms with Crippen molar-refractivity contribution in [2.75, 3.05) is 0 Å². The molecule has 2 fully saturated rings. The van der Waals surface area contributed by atoms with Crippen LogP contribution in [0.5, 0.6) is 0 Å². The van der Waals surface area contributed by atoms with Crippen molar-refractivity contribution in [1.82, 2.24) is 0 Å². The Morgan fingerprint density at radius 2 is 1.60 bits per heavy atom. The van der Waals surface area contributed by atoms with Gasteiger partial charge in [-0.1, -0.05) is 30.3 Å². The fourth-order valence-electron chi connectivity index (χ4n) is 2.34. The van der Waals surface area contributed by atoms with E-state index in [9.17, 15) is 5.11 Å². The minimum atomic E-state index is -0.253. The number of aliphatic hydroxyl groups excluding tert-OH is 1. The molecule has 1 aromatic carbocycles. The molecule has 1 aromatic rings. The number of hydrogen-bond donors (Lipinski definition) is 1. The van der Waals surface area contributed by atoms with Gasteiger partial charge in [0.2, 0.25) is 0 Å². The molecule has 1 saturated carbocycles. The molecule has 2 unspecified atom stereocenters. The van der Waals surface area contributed by atoms with Crippen molar-refractivity contribution in [2.45, 2.75) is 37.4 Å². The minimum Gasteiger partial charge on any atom is -0.393 e. The molecule has 1 aliphatic heterocycles. The zero-order valence-electron chi connectivity index (χ0n) is 8.37. The second-order valence-corrected chi connectivity index (χ2v) is 4.22. The molecule has 0 bridgehead atoms. The van der Waals surface area contributed by atoms with Gasteiger partial charge in [0.05, 0.1) is 18.3 Å². The standard InChI is InChI=1S/C12H14O3/c13-9-6-10-11(7-9)15-12(14-10)8-4-2-1-3-5-8/h1-5,9-13H,6-7H2. The van der Waals surface area contributed by atoms with Crippen LogP contribution in [0.4, 0.5) is 0 Å². The molecule has 0 radical (unpaired) electrons. The third kappa shape index (κ3) is 1.67. The molecule has 3 heteroatoms. The van der Waals surface area contributed by atoms with Gasteiger partial charge in [-0.2, -0.15) is 0 Å². The Balaban J connectivity index is 1.73. The average molecular weight is 206 g/mol. The third-order valence-corrected chi connectivity index (χ3v) is 3.09. The van der Waals surface area contributed by atoms with Crippen molar-refractivity contribution in [3.63, 3.8) is 0 Å². The predicted molar refractivity (Wildman–Crippen MR) is 54.2 cm³/mol. The highest BCUT2D eigenvalue weighted by atomic mass is 16.7. The quantitative estimate of drug-likeness (QED) is 0.759. The number of rotatable bonds is 1. The van der Waals surface area contributed by atoms with E-state index >= 15 is 0 Å². The highest BCUT2D eigenvalue weighted by molar-refractivity contribution is 5.17. The van der Waals surface area contributed by atoms with Gasteiger partial charge in [0.1, 0.15) is 0 Å². The van der Waals surface area contributed by atoms with Gasteiger partial charge < -0.3 is 14.6 Å². The number of ether oxygens (including phenoxy) is 2. The lowest BCUT2D eigenvalue weighted by Crippen LogP contribution is -2.13. The summed E-state index contributed by atoms with van der Waals surface area (Å²) in [7, 11) is 0. The normalized spacial score (nSPS) is 39.3. The SMILES string of the molecule is OC1CC2OC(c3ccccc3)OC2C1. The van der Waals surface area contributed by atoms with E-state index in [2.05, 4.69) is 0 Å². The molecule has 15 heavy (non-hydrogen) atoms. The molecule has 3 rings (SSSR count). The van der Waals surface area contributed by atoms with Crippen molar-refractivity contribution < 1.29 is 14.6 Å². The molecule has 1 heterocycles. The summed E-state index contributed by atoms with van der Waals surface area (Å²) >= 11 is 0. The largest absolute Gasteiger partial charge is 0.393 e. The number of aliphatic hydroxyl groups is 1. The summed E-state index contributed by atoms with van der Waals surface area (Å²) in [6.45, 7) is 0. The van der Waals surface area contributed by atoms with E-state index in [0.717, 1.165) is 5.56 Å². The fourth-order valence-corrected chi connectivity index (χ4v) is 2.34. The molecule has 1 N–H and O–H groups in total. The second-order valence-electron chi connectivity index (χ2n) is 4.22. The van der Waals surface area contributed by atoms with E-state index in [4.69, 9.17) is 9.47 Å². The molecule has 0 aromatic heterocycles. The topological polar surface area (TPSA) is 38.7 Å². The van der Waals surface area contributed by atoms with E-state index in [-0.39, 0.29) is 24.6 Å². The maximum atomic E-state index is 9.43. The zero-order valence-corrected chi connectivity index (χ0v) is 8.37. The number of hydrogen-bond acceptors (Lipinski definition) is 3. The van der Waals surface area contributed by atoms with Crippen molar-refractivity contribution in [3.05, 3.63) is 35.9 Å². The van der Waals surface area contributed by atoms with Gasteiger partial charge in [-0.15, -0.1) is 0 Å². The summed E-state index contributed by atoms with van der Waals surface area (Å²) in [6.07, 6.45) is 1.06. The van der Waals surface area contributed by atoms with E-state index in [1.54, 1.807) is 0 Å². The molecule has 2 atom stereocenters. The molecular formula is C12H14O3. The highest BCUT2D eigenvalue weighted by Crippen LogP contribution is 2.39. The first-order valence-electron chi connectivity index (χ1n) is 5.37. The average Bonchev–Trinajstić information content (AvgIpc) is 2.76. The lowest BCUT2D eigenvalue weighted by molar-refractivity contribution is -0.0847. The number of fused-ring (bicyclic) bond motifs is 1. The fraction of sp³-hybridized carbons (Fsp3) is 0.500. The first kappa shape index (κ1) is 9.33. The third-order valence-electron chi connectivity index (χ3n) is 3.09. The van der Waals surface area contributed by atoms with Crippen LogP contribution in [0, 0.1) is 0 Å². The van der Waals surface area contributed by atoms with E-state index in [1.165, 1.54) is 0 Å². The Bertz CT molecular complexity index is 324. The Morgan fingerprint density at radius 3 is 2.20 bits per heavy atom. The Morgan fingerprint density at radius 1 is 1.00 bits per heavy atom. The van der Waals surface area contributed by atoms with E-state index < -0.39 is 0 Å². The van der Waals surface area contributed by atoms with Gasteiger partial charge in [0.25, 0.3) is 0 Å². The summed E-state index contributed by atoms with van der Waals surface area (Å²) in [5.41, 5.74) is 1.06. The van der Waals surface area contributed by atoms with Crippen LogP contribution in [0.2, 0.25) is 0 Å². The lowest BCUT2D eigenvalue weighted by Gasteiger charge is -2.12. The summed E-state index contributed by atoms with van der Waals surface area (Å²) in [4.78, 5) is 0. The second kappa shape index (κ2) is 3.59. The first-order chi connectivity index (χ1) is 7.33. The zero-order chi connectivity index (χ0) is 10.3. The van der Waals surface area contributed by atoms with Gasteiger partial charge in [-0.05, 0) is 0 Å². The minimum absolute atomic E-state index is 0.0743. The summed E-state index contributed by atoms with van der Waals surface area (Å²) in [5.74, 6) is 0. The van der Waals surface area contributed by atoms with Crippen LogP contribution in [-0.4, -0.2) is 23.4 Å². The first-order valence-corrected chi connectivity index (χ1v) is 5.37.